The topological polar surface area (TPSA) is 17.1 Å². The van der Waals surface area contributed by atoms with Gasteiger partial charge in [-0.05, 0) is 59.0 Å². The quantitative estimate of drug-likeness (QED) is 0.452. The predicted octanol–water partition coefficient (Wildman–Crippen LogP) is 5.25. The van der Waals surface area contributed by atoms with Crippen LogP contribution < -0.4 is 0 Å². The van der Waals surface area contributed by atoms with Gasteiger partial charge < -0.3 is 0 Å². The van der Waals surface area contributed by atoms with Crippen molar-refractivity contribution in [1.82, 2.24) is 0 Å². The molecule has 0 aliphatic heterocycles. The Balaban J connectivity index is 1.73. The lowest BCUT2D eigenvalue weighted by Gasteiger charge is -2.05. The fourth-order valence-corrected chi connectivity index (χ4v) is 3.32. The minimum absolute atomic E-state index is 0.0752. The van der Waals surface area contributed by atoms with Gasteiger partial charge in [-0.25, -0.2) is 0 Å². The molecule has 0 fully saturated rings. The van der Waals surface area contributed by atoms with Crippen LogP contribution in [0, 0.1) is 0 Å². The second-order valence-electron chi connectivity index (χ2n) is 5.54. The molecule has 3 aromatic carbocycles. The zero-order valence-corrected chi connectivity index (χ0v) is 13.4. The molecule has 0 radical (unpaired) electrons. The van der Waals surface area contributed by atoms with Crippen molar-refractivity contribution < 1.29 is 4.79 Å². The Morgan fingerprint density at radius 2 is 1.45 bits per heavy atom. The molecule has 0 saturated carbocycles. The van der Waals surface area contributed by atoms with Crippen LogP contribution in [0.15, 0.2) is 71.2 Å². The Hall–Kier alpha value is -2.19. The first-order valence-electron chi connectivity index (χ1n) is 7.24. The van der Waals surface area contributed by atoms with Gasteiger partial charge in [-0.1, -0.05) is 52.3 Å². The largest absolute Gasteiger partial charge is 0.289 e. The summed E-state index contributed by atoms with van der Waals surface area (Å²) in [5.74, 6) is 0.0752. The average Bonchev–Trinajstić information content (AvgIpc) is 2.92. The van der Waals surface area contributed by atoms with E-state index in [9.17, 15) is 4.79 Å². The van der Waals surface area contributed by atoms with Gasteiger partial charge in [0.15, 0.2) is 5.78 Å². The molecule has 1 aliphatic rings. The van der Waals surface area contributed by atoms with E-state index in [1.807, 2.05) is 36.4 Å². The van der Waals surface area contributed by atoms with Gasteiger partial charge in [0.05, 0.1) is 0 Å². The van der Waals surface area contributed by atoms with E-state index in [1.54, 1.807) is 0 Å². The molecule has 2 heteroatoms. The van der Waals surface area contributed by atoms with E-state index < -0.39 is 0 Å². The van der Waals surface area contributed by atoms with Gasteiger partial charge in [-0.2, -0.15) is 0 Å². The smallest absolute Gasteiger partial charge is 0.193 e. The highest BCUT2D eigenvalue weighted by molar-refractivity contribution is 9.10. The number of rotatable bonds is 2. The molecule has 0 amide bonds. The molecule has 0 heterocycles. The summed E-state index contributed by atoms with van der Waals surface area (Å²) in [4.78, 5) is 12.6. The van der Waals surface area contributed by atoms with Gasteiger partial charge in [0.1, 0.15) is 0 Å². The highest BCUT2D eigenvalue weighted by atomic mass is 79.9. The third kappa shape index (κ3) is 2.20. The highest BCUT2D eigenvalue weighted by Gasteiger charge is 2.19. The molecule has 1 aliphatic carbocycles. The third-order valence-corrected chi connectivity index (χ3v) is 4.69. The normalized spacial score (nSPS) is 11.9. The first-order valence-corrected chi connectivity index (χ1v) is 8.03. The molecule has 0 atom stereocenters. The van der Waals surface area contributed by atoms with Crippen molar-refractivity contribution in [2.75, 3.05) is 0 Å². The van der Waals surface area contributed by atoms with Crippen molar-refractivity contribution in [3.63, 3.8) is 0 Å². The van der Waals surface area contributed by atoms with Crippen LogP contribution in [0.25, 0.3) is 11.1 Å². The molecule has 0 aromatic heterocycles. The van der Waals surface area contributed by atoms with E-state index in [4.69, 9.17) is 0 Å². The van der Waals surface area contributed by atoms with Crippen molar-refractivity contribution in [2.24, 2.45) is 0 Å². The molecular formula is C20H13BrO. The van der Waals surface area contributed by atoms with E-state index in [2.05, 4.69) is 46.3 Å². The molecule has 0 unspecified atom stereocenters. The molecule has 22 heavy (non-hydrogen) atoms. The summed E-state index contributed by atoms with van der Waals surface area (Å²) in [5, 5.41) is 0. The van der Waals surface area contributed by atoms with E-state index in [-0.39, 0.29) is 5.78 Å². The van der Waals surface area contributed by atoms with Crippen LogP contribution in [-0.2, 0) is 6.42 Å². The van der Waals surface area contributed by atoms with Crippen LogP contribution in [0.5, 0.6) is 0 Å². The third-order valence-electron chi connectivity index (χ3n) is 4.16. The van der Waals surface area contributed by atoms with Gasteiger partial charge >= 0.3 is 0 Å². The van der Waals surface area contributed by atoms with Crippen LogP contribution in [0.2, 0.25) is 0 Å². The average molecular weight is 349 g/mol. The van der Waals surface area contributed by atoms with E-state index in [0.717, 1.165) is 22.0 Å². The summed E-state index contributed by atoms with van der Waals surface area (Å²) >= 11 is 3.40. The number of hydrogen-bond donors (Lipinski definition) is 0. The minimum Gasteiger partial charge on any atom is -0.289 e. The maximum absolute atomic E-state index is 12.6. The van der Waals surface area contributed by atoms with Gasteiger partial charge in [-0.3, -0.25) is 4.79 Å². The first-order chi connectivity index (χ1) is 10.7. The summed E-state index contributed by atoms with van der Waals surface area (Å²) in [6.07, 6.45) is 0.910. The van der Waals surface area contributed by atoms with Gasteiger partial charge in [0.2, 0.25) is 0 Å². The SMILES string of the molecule is O=C(c1ccc(Br)cc1)c1ccc2c(c1)Cc1ccccc1-2. The summed E-state index contributed by atoms with van der Waals surface area (Å²) in [6, 6.07) is 22.0. The maximum Gasteiger partial charge on any atom is 0.193 e. The second-order valence-corrected chi connectivity index (χ2v) is 6.46. The number of fused-ring (bicyclic) bond motifs is 3. The van der Waals surface area contributed by atoms with E-state index >= 15 is 0 Å². The Morgan fingerprint density at radius 1 is 0.773 bits per heavy atom. The van der Waals surface area contributed by atoms with Crippen molar-refractivity contribution in [2.45, 2.75) is 6.42 Å². The Kier molecular flexibility index (Phi) is 3.20. The standard InChI is InChI=1S/C20H13BrO/c21-17-8-5-13(6-9-17)20(22)15-7-10-19-16(12-15)11-14-3-1-2-4-18(14)19/h1-10,12H,11H2. The molecule has 4 rings (SSSR count). The lowest BCUT2D eigenvalue weighted by atomic mass is 9.98. The van der Waals surface area contributed by atoms with Crippen LogP contribution in [0.3, 0.4) is 0 Å². The summed E-state index contributed by atoms with van der Waals surface area (Å²) in [6.45, 7) is 0. The first kappa shape index (κ1) is 13.5. The maximum atomic E-state index is 12.6. The van der Waals surface area contributed by atoms with Crippen molar-refractivity contribution >= 4 is 21.7 Å². The van der Waals surface area contributed by atoms with E-state index in [1.165, 1.54) is 22.3 Å². The van der Waals surface area contributed by atoms with Crippen molar-refractivity contribution in [3.05, 3.63) is 93.5 Å². The number of halogens is 1. The molecule has 0 saturated heterocycles. The zero-order chi connectivity index (χ0) is 15.1. The van der Waals surface area contributed by atoms with Gasteiger partial charge in [0, 0.05) is 15.6 Å². The Bertz CT molecular complexity index is 878. The minimum atomic E-state index is 0.0752. The number of carbonyl (C=O) groups is 1. The molecule has 0 spiro atoms. The fourth-order valence-electron chi connectivity index (χ4n) is 3.05. The molecular weight excluding hydrogens is 336 g/mol. The van der Waals surface area contributed by atoms with E-state index in [0.29, 0.717) is 0 Å². The number of carbonyl (C=O) groups excluding carboxylic acids is 1. The Labute approximate surface area is 137 Å². The molecule has 106 valence electrons. The van der Waals surface area contributed by atoms with Crippen molar-refractivity contribution in [1.29, 1.82) is 0 Å². The van der Waals surface area contributed by atoms with Gasteiger partial charge in [-0.15, -0.1) is 0 Å². The lowest BCUT2D eigenvalue weighted by molar-refractivity contribution is 0.103. The van der Waals surface area contributed by atoms with Crippen LogP contribution in [-0.4, -0.2) is 5.78 Å². The van der Waals surface area contributed by atoms with Gasteiger partial charge in [0.25, 0.3) is 0 Å². The second kappa shape index (κ2) is 5.22. The fraction of sp³-hybridized carbons (Fsp3) is 0.0500. The summed E-state index contributed by atoms with van der Waals surface area (Å²) in [7, 11) is 0. The zero-order valence-electron chi connectivity index (χ0n) is 11.8. The highest BCUT2D eigenvalue weighted by Crippen LogP contribution is 2.36. The molecule has 0 N–H and O–H groups in total. The van der Waals surface area contributed by atoms with Crippen LogP contribution in [0.4, 0.5) is 0 Å². The van der Waals surface area contributed by atoms with Crippen molar-refractivity contribution in [3.8, 4) is 11.1 Å². The van der Waals surface area contributed by atoms with Crippen LogP contribution >= 0.6 is 15.9 Å². The summed E-state index contributed by atoms with van der Waals surface area (Å²) < 4.78 is 0.980. The molecule has 0 bridgehead atoms. The number of ketones is 1. The molecule has 3 aromatic rings. The number of benzene rings is 3. The summed E-state index contributed by atoms with van der Waals surface area (Å²) in [5.41, 5.74) is 6.60. The monoisotopic (exact) mass is 348 g/mol. The molecule has 1 nitrogen and oxygen atoms in total. The lowest BCUT2D eigenvalue weighted by Crippen LogP contribution is -2.01. The Morgan fingerprint density at radius 3 is 2.27 bits per heavy atom. The predicted molar refractivity (Wildman–Crippen MR) is 92.3 cm³/mol. The van der Waals surface area contributed by atoms with Crippen LogP contribution in [0.1, 0.15) is 27.0 Å². The number of hydrogen-bond acceptors (Lipinski definition) is 1.